The lowest BCUT2D eigenvalue weighted by Gasteiger charge is -2.07. The lowest BCUT2D eigenvalue weighted by atomic mass is 10.2. The van der Waals surface area contributed by atoms with E-state index in [1.807, 2.05) is 6.07 Å². The zero-order valence-corrected chi connectivity index (χ0v) is 10.5. The molecule has 0 aliphatic carbocycles. The van der Waals surface area contributed by atoms with Gasteiger partial charge < -0.3 is 0 Å². The van der Waals surface area contributed by atoms with Gasteiger partial charge in [0.1, 0.15) is 11.6 Å². The molecular formula is C14H10F3N3. The topological polar surface area (TPSA) is 30.7 Å². The highest BCUT2D eigenvalue weighted by molar-refractivity contribution is 5.78. The molecule has 0 N–H and O–H groups in total. The summed E-state index contributed by atoms with van der Waals surface area (Å²) >= 11 is 0. The van der Waals surface area contributed by atoms with Crippen molar-refractivity contribution in [2.45, 2.75) is 13.1 Å². The molecular weight excluding hydrogens is 267 g/mol. The third-order valence-corrected chi connectivity index (χ3v) is 3.03. The van der Waals surface area contributed by atoms with E-state index in [0.717, 1.165) is 12.1 Å². The van der Waals surface area contributed by atoms with Crippen LogP contribution in [-0.2, 0) is 6.18 Å². The second-order valence-electron chi connectivity index (χ2n) is 4.38. The Morgan fingerprint density at radius 3 is 2.55 bits per heavy atom. The van der Waals surface area contributed by atoms with Crippen molar-refractivity contribution in [1.29, 1.82) is 0 Å². The van der Waals surface area contributed by atoms with E-state index in [4.69, 9.17) is 0 Å². The molecule has 0 amide bonds. The average Bonchev–Trinajstić information content (AvgIpc) is 2.73. The van der Waals surface area contributed by atoms with Gasteiger partial charge in [-0.1, -0.05) is 6.07 Å². The van der Waals surface area contributed by atoms with Gasteiger partial charge in [-0.15, -0.1) is 0 Å². The predicted octanol–water partition coefficient (Wildman–Crippen LogP) is 3.75. The van der Waals surface area contributed by atoms with E-state index in [1.54, 1.807) is 29.8 Å². The summed E-state index contributed by atoms with van der Waals surface area (Å²) in [4.78, 5) is 8.39. The normalized spacial score (nSPS) is 12.0. The number of hydrogen-bond donors (Lipinski definition) is 0. The Morgan fingerprint density at radius 2 is 1.90 bits per heavy atom. The van der Waals surface area contributed by atoms with Gasteiger partial charge in [0.25, 0.3) is 0 Å². The Balaban J connectivity index is 2.23. The minimum atomic E-state index is -4.36. The fraction of sp³-hybridized carbons (Fsp3) is 0.143. The van der Waals surface area contributed by atoms with Gasteiger partial charge in [0.2, 0.25) is 0 Å². The number of alkyl halides is 3. The molecule has 3 nitrogen and oxygen atoms in total. The first-order chi connectivity index (χ1) is 9.47. The lowest BCUT2D eigenvalue weighted by molar-refractivity contribution is -0.137. The molecule has 0 atom stereocenters. The molecule has 0 aliphatic heterocycles. The van der Waals surface area contributed by atoms with Crippen molar-refractivity contribution in [2.75, 3.05) is 0 Å². The van der Waals surface area contributed by atoms with E-state index < -0.39 is 11.7 Å². The van der Waals surface area contributed by atoms with Crippen LogP contribution in [0.1, 0.15) is 11.4 Å². The summed E-state index contributed by atoms with van der Waals surface area (Å²) in [6, 6.07) is 8.92. The summed E-state index contributed by atoms with van der Waals surface area (Å²) in [5, 5.41) is 0. The van der Waals surface area contributed by atoms with Crippen LogP contribution in [0.4, 0.5) is 13.2 Å². The molecule has 102 valence electrons. The predicted molar refractivity (Wildman–Crippen MR) is 68.6 cm³/mol. The van der Waals surface area contributed by atoms with E-state index in [-0.39, 0.29) is 0 Å². The van der Waals surface area contributed by atoms with Gasteiger partial charge in [0.05, 0.1) is 16.6 Å². The van der Waals surface area contributed by atoms with E-state index in [2.05, 4.69) is 9.97 Å². The molecule has 0 fully saturated rings. The number of nitrogens with zero attached hydrogens (tertiary/aromatic N) is 3. The molecule has 0 spiro atoms. The van der Waals surface area contributed by atoms with Crippen LogP contribution < -0.4 is 0 Å². The number of halogens is 3. The average molecular weight is 277 g/mol. The van der Waals surface area contributed by atoms with Gasteiger partial charge in [-0.2, -0.15) is 13.2 Å². The highest BCUT2D eigenvalue weighted by Crippen LogP contribution is 2.32. The second-order valence-corrected chi connectivity index (χ2v) is 4.38. The number of pyridine rings is 1. The van der Waals surface area contributed by atoms with E-state index in [1.165, 1.54) is 6.07 Å². The number of hydrogen-bond acceptors (Lipinski definition) is 2. The third kappa shape index (κ3) is 2.03. The Hall–Kier alpha value is -2.37. The maximum absolute atomic E-state index is 12.7. The number of rotatable bonds is 1. The quantitative estimate of drug-likeness (QED) is 0.678. The van der Waals surface area contributed by atoms with E-state index in [9.17, 15) is 13.2 Å². The molecule has 20 heavy (non-hydrogen) atoms. The van der Waals surface area contributed by atoms with Gasteiger partial charge in [0.15, 0.2) is 0 Å². The Labute approximate surface area is 112 Å². The van der Waals surface area contributed by atoms with Crippen LogP contribution in [0.3, 0.4) is 0 Å². The molecule has 2 heterocycles. The van der Waals surface area contributed by atoms with Gasteiger partial charge in [0, 0.05) is 6.20 Å². The van der Waals surface area contributed by atoms with E-state index >= 15 is 0 Å². The molecule has 0 aliphatic rings. The van der Waals surface area contributed by atoms with Crippen LogP contribution in [0.25, 0.3) is 16.9 Å². The van der Waals surface area contributed by atoms with Gasteiger partial charge in [-0.05, 0) is 37.3 Å². The van der Waals surface area contributed by atoms with Crippen LogP contribution in [0.15, 0.2) is 42.6 Å². The summed E-state index contributed by atoms with van der Waals surface area (Å²) in [6.45, 7) is 1.74. The molecule has 0 saturated carbocycles. The first-order valence-corrected chi connectivity index (χ1v) is 5.94. The van der Waals surface area contributed by atoms with Gasteiger partial charge in [-0.25, -0.2) is 9.97 Å². The zero-order valence-electron chi connectivity index (χ0n) is 10.5. The Kier molecular flexibility index (Phi) is 2.74. The molecule has 0 unspecified atom stereocenters. The van der Waals surface area contributed by atoms with Crippen molar-refractivity contribution >= 4 is 11.0 Å². The molecule has 0 saturated heterocycles. The van der Waals surface area contributed by atoms with Crippen molar-refractivity contribution in [3.63, 3.8) is 0 Å². The standard InChI is InChI=1S/C14H10F3N3/c1-9-19-11-8-10(14(15,16)17)5-6-12(11)20(9)13-4-2-3-7-18-13/h2-8H,1H3. The SMILES string of the molecule is Cc1nc2cc(C(F)(F)F)ccc2n1-c1ccccn1. The second kappa shape index (κ2) is 4.33. The number of fused-ring (bicyclic) bond motifs is 1. The summed E-state index contributed by atoms with van der Waals surface area (Å²) in [7, 11) is 0. The number of aromatic nitrogens is 3. The minimum Gasteiger partial charge on any atom is -0.281 e. The first kappa shape index (κ1) is 12.7. The first-order valence-electron chi connectivity index (χ1n) is 5.94. The number of imidazole rings is 1. The maximum atomic E-state index is 12.7. The van der Waals surface area contributed by atoms with Crippen LogP contribution in [0.2, 0.25) is 0 Å². The molecule has 6 heteroatoms. The van der Waals surface area contributed by atoms with Crippen LogP contribution in [-0.4, -0.2) is 14.5 Å². The zero-order chi connectivity index (χ0) is 14.3. The summed E-state index contributed by atoms with van der Waals surface area (Å²) in [6.07, 6.45) is -2.73. The van der Waals surface area contributed by atoms with E-state index in [0.29, 0.717) is 22.7 Å². The monoisotopic (exact) mass is 277 g/mol. The van der Waals surface area contributed by atoms with Crippen molar-refractivity contribution < 1.29 is 13.2 Å². The summed E-state index contributed by atoms with van der Waals surface area (Å²) < 4.78 is 39.8. The minimum absolute atomic E-state index is 0.308. The molecule has 0 radical (unpaired) electrons. The highest BCUT2D eigenvalue weighted by atomic mass is 19.4. The largest absolute Gasteiger partial charge is 0.416 e. The summed E-state index contributed by atoms with van der Waals surface area (Å²) in [5.41, 5.74) is 0.216. The van der Waals surface area contributed by atoms with Gasteiger partial charge in [-0.3, -0.25) is 4.57 Å². The highest BCUT2D eigenvalue weighted by Gasteiger charge is 2.31. The van der Waals surface area contributed by atoms with Crippen LogP contribution in [0.5, 0.6) is 0 Å². The summed E-state index contributed by atoms with van der Waals surface area (Å²) in [5.74, 6) is 1.23. The number of aryl methyl sites for hydroxylation is 1. The molecule has 2 aromatic heterocycles. The van der Waals surface area contributed by atoms with Crippen molar-refractivity contribution in [1.82, 2.24) is 14.5 Å². The molecule has 1 aromatic carbocycles. The fourth-order valence-electron chi connectivity index (χ4n) is 2.15. The van der Waals surface area contributed by atoms with Crippen LogP contribution in [0, 0.1) is 6.92 Å². The van der Waals surface area contributed by atoms with Crippen molar-refractivity contribution in [3.05, 3.63) is 54.0 Å². The van der Waals surface area contributed by atoms with Crippen molar-refractivity contribution in [2.24, 2.45) is 0 Å². The fourth-order valence-corrected chi connectivity index (χ4v) is 2.15. The molecule has 3 aromatic rings. The maximum Gasteiger partial charge on any atom is 0.416 e. The lowest BCUT2D eigenvalue weighted by Crippen LogP contribution is -2.04. The smallest absolute Gasteiger partial charge is 0.281 e. The number of benzene rings is 1. The molecule has 0 bridgehead atoms. The van der Waals surface area contributed by atoms with Crippen LogP contribution >= 0.6 is 0 Å². The van der Waals surface area contributed by atoms with Crippen molar-refractivity contribution in [3.8, 4) is 5.82 Å². The third-order valence-electron chi connectivity index (χ3n) is 3.03. The van der Waals surface area contributed by atoms with Gasteiger partial charge >= 0.3 is 6.18 Å². The Bertz CT molecular complexity index is 760. The molecule has 3 rings (SSSR count). The Morgan fingerprint density at radius 1 is 1.10 bits per heavy atom.